The van der Waals surface area contributed by atoms with E-state index in [1.807, 2.05) is 20.8 Å². The topological polar surface area (TPSA) is 35.4 Å². The van der Waals surface area contributed by atoms with Crippen molar-refractivity contribution in [2.45, 2.75) is 32.4 Å². The summed E-state index contributed by atoms with van der Waals surface area (Å²) < 4.78 is 29.3. The van der Waals surface area contributed by atoms with E-state index in [1.165, 1.54) is 6.21 Å². The molecule has 0 radical (unpaired) electrons. The Labute approximate surface area is 113 Å². The smallest absolute Gasteiger partial charge is 0.144 e. The lowest BCUT2D eigenvalue weighted by Crippen LogP contribution is -2.25. The van der Waals surface area contributed by atoms with Crippen molar-refractivity contribution in [2.75, 3.05) is 0 Å². The monoisotopic (exact) mass is 319 g/mol. The van der Waals surface area contributed by atoms with Crippen molar-refractivity contribution in [3.63, 3.8) is 0 Å². The number of hydrogen-bond acceptors (Lipinski definition) is 2. The zero-order valence-corrected chi connectivity index (χ0v) is 12.7. The highest BCUT2D eigenvalue weighted by atomic mass is 79.9. The zero-order chi connectivity index (χ0) is 13.2. The SMILES string of the molecule is Cc1c(C=N[S+]([O-])C(C)(C)C)ccc(Br)c1F. The summed E-state index contributed by atoms with van der Waals surface area (Å²) in [5, 5.41) is 0. The third-order valence-electron chi connectivity index (χ3n) is 2.19. The van der Waals surface area contributed by atoms with E-state index < -0.39 is 16.1 Å². The molecule has 0 aromatic heterocycles. The second kappa shape index (κ2) is 5.50. The molecule has 0 saturated heterocycles. The van der Waals surface area contributed by atoms with Crippen molar-refractivity contribution < 1.29 is 8.94 Å². The van der Waals surface area contributed by atoms with Crippen LogP contribution in [0.1, 0.15) is 31.9 Å². The summed E-state index contributed by atoms with van der Waals surface area (Å²) in [6.07, 6.45) is 1.46. The number of nitrogens with zero attached hydrogens (tertiary/aromatic N) is 1. The summed E-state index contributed by atoms with van der Waals surface area (Å²) in [6, 6.07) is 3.36. The van der Waals surface area contributed by atoms with Gasteiger partial charge < -0.3 is 4.55 Å². The molecule has 0 aliphatic heterocycles. The third-order valence-corrected chi connectivity index (χ3v) is 4.15. The second-order valence-corrected chi connectivity index (χ2v) is 7.46. The maximum atomic E-state index is 13.6. The molecule has 1 aromatic rings. The molecule has 1 aromatic carbocycles. The van der Waals surface area contributed by atoms with Gasteiger partial charge in [-0.1, -0.05) is 10.5 Å². The van der Waals surface area contributed by atoms with Crippen molar-refractivity contribution in [3.8, 4) is 0 Å². The van der Waals surface area contributed by atoms with Crippen molar-refractivity contribution >= 4 is 33.5 Å². The molecule has 0 amide bonds. The van der Waals surface area contributed by atoms with Crippen molar-refractivity contribution in [3.05, 3.63) is 33.5 Å². The van der Waals surface area contributed by atoms with Gasteiger partial charge in [0.1, 0.15) is 21.9 Å². The second-order valence-electron chi connectivity index (χ2n) is 4.67. The fourth-order valence-corrected chi connectivity index (χ4v) is 2.02. The van der Waals surface area contributed by atoms with E-state index in [1.54, 1.807) is 19.1 Å². The molecule has 17 heavy (non-hydrogen) atoms. The lowest BCUT2D eigenvalue weighted by molar-refractivity contribution is 0.561. The molecular formula is C12H15BrFNOS. The maximum absolute atomic E-state index is 13.6. The molecule has 0 saturated carbocycles. The average Bonchev–Trinajstić information content (AvgIpc) is 2.23. The van der Waals surface area contributed by atoms with Crippen LogP contribution in [0.25, 0.3) is 0 Å². The summed E-state index contributed by atoms with van der Waals surface area (Å²) >= 11 is 1.79. The lowest BCUT2D eigenvalue weighted by atomic mass is 10.1. The Morgan fingerprint density at radius 1 is 1.41 bits per heavy atom. The molecule has 0 spiro atoms. The summed E-state index contributed by atoms with van der Waals surface area (Å²) in [5.41, 5.74) is 1.14. The molecule has 2 nitrogen and oxygen atoms in total. The Morgan fingerprint density at radius 2 is 2.00 bits per heavy atom. The average molecular weight is 320 g/mol. The van der Waals surface area contributed by atoms with Crippen LogP contribution in [0.3, 0.4) is 0 Å². The minimum Gasteiger partial charge on any atom is -0.591 e. The van der Waals surface area contributed by atoms with E-state index in [-0.39, 0.29) is 5.82 Å². The fraction of sp³-hybridized carbons (Fsp3) is 0.417. The normalized spacial score (nSPS) is 14.3. The van der Waals surface area contributed by atoms with E-state index in [9.17, 15) is 8.94 Å². The van der Waals surface area contributed by atoms with Crippen LogP contribution in [0.2, 0.25) is 0 Å². The summed E-state index contributed by atoms with van der Waals surface area (Å²) in [7, 11) is 0. The fourth-order valence-electron chi connectivity index (χ4n) is 1.07. The van der Waals surface area contributed by atoms with Crippen LogP contribution in [-0.4, -0.2) is 15.5 Å². The number of hydrogen-bond donors (Lipinski definition) is 0. The quantitative estimate of drug-likeness (QED) is 0.603. The van der Waals surface area contributed by atoms with E-state index in [0.29, 0.717) is 15.6 Å². The highest BCUT2D eigenvalue weighted by molar-refractivity contribution is 9.10. The molecule has 1 unspecified atom stereocenters. The van der Waals surface area contributed by atoms with E-state index in [4.69, 9.17) is 0 Å². The van der Waals surface area contributed by atoms with Gasteiger partial charge in [0.2, 0.25) is 0 Å². The van der Waals surface area contributed by atoms with Gasteiger partial charge in [0, 0.05) is 5.56 Å². The van der Waals surface area contributed by atoms with Crippen LogP contribution in [-0.2, 0) is 11.4 Å². The van der Waals surface area contributed by atoms with Crippen LogP contribution in [0.15, 0.2) is 21.0 Å². The van der Waals surface area contributed by atoms with Gasteiger partial charge in [0.15, 0.2) is 0 Å². The first-order valence-electron chi connectivity index (χ1n) is 5.14. The summed E-state index contributed by atoms with van der Waals surface area (Å²) in [4.78, 5) is 0. The van der Waals surface area contributed by atoms with Gasteiger partial charge in [-0.25, -0.2) is 4.39 Å². The Kier molecular flexibility index (Phi) is 4.75. The summed E-state index contributed by atoms with van der Waals surface area (Å²) in [6.45, 7) is 7.20. The molecule has 0 heterocycles. The largest absolute Gasteiger partial charge is 0.591 e. The van der Waals surface area contributed by atoms with Crippen LogP contribution >= 0.6 is 15.9 Å². The maximum Gasteiger partial charge on any atom is 0.144 e. The Bertz CT molecular complexity index is 443. The van der Waals surface area contributed by atoms with Crippen molar-refractivity contribution in [2.24, 2.45) is 4.40 Å². The minimum atomic E-state index is -1.32. The molecule has 0 aliphatic carbocycles. The van der Waals surface area contributed by atoms with Gasteiger partial charge in [-0.3, -0.25) is 0 Å². The highest BCUT2D eigenvalue weighted by Gasteiger charge is 2.25. The lowest BCUT2D eigenvalue weighted by Gasteiger charge is -2.17. The van der Waals surface area contributed by atoms with E-state index in [2.05, 4.69) is 20.3 Å². The number of rotatable bonds is 2. The molecule has 0 N–H and O–H groups in total. The first-order chi connectivity index (χ1) is 7.73. The van der Waals surface area contributed by atoms with Crippen LogP contribution < -0.4 is 0 Å². The zero-order valence-electron chi connectivity index (χ0n) is 10.3. The van der Waals surface area contributed by atoms with Crippen molar-refractivity contribution in [1.29, 1.82) is 0 Å². The van der Waals surface area contributed by atoms with Gasteiger partial charge in [0.05, 0.1) is 10.7 Å². The Morgan fingerprint density at radius 3 is 2.53 bits per heavy atom. The van der Waals surface area contributed by atoms with E-state index in [0.717, 1.165) is 0 Å². The minimum absolute atomic E-state index is 0.310. The van der Waals surface area contributed by atoms with Gasteiger partial charge in [0.25, 0.3) is 0 Å². The third kappa shape index (κ3) is 3.79. The predicted octanol–water partition coefficient (Wildman–Crippen LogP) is 3.78. The van der Waals surface area contributed by atoms with Gasteiger partial charge in [-0.2, -0.15) is 0 Å². The van der Waals surface area contributed by atoms with Crippen molar-refractivity contribution in [1.82, 2.24) is 0 Å². The first-order valence-corrected chi connectivity index (χ1v) is 7.04. The van der Waals surface area contributed by atoms with Crippen LogP contribution in [0.4, 0.5) is 4.39 Å². The Balaban J connectivity index is 2.97. The van der Waals surface area contributed by atoms with Crippen LogP contribution in [0, 0.1) is 12.7 Å². The number of halogens is 2. The molecule has 1 atom stereocenters. The molecule has 0 aliphatic rings. The molecule has 94 valence electrons. The molecule has 1 rings (SSSR count). The molecule has 5 heteroatoms. The predicted molar refractivity (Wildman–Crippen MR) is 74.3 cm³/mol. The number of benzene rings is 1. The first kappa shape index (κ1) is 14.7. The standard InChI is InChI=1S/C12H15BrFNOS/c1-8-9(5-6-10(13)11(8)14)7-15-17(16)12(2,3)4/h5-7H,1-4H3. The molecule has 0 bridgehead atoms. The van der Waals surface area contributed by atoms with Gasteiger partial charge >= 0.3 is 0 Å². The molecule has 0 fully saturated rings. The van der Waals surface area contributed by atoms with Gasteiger partial charge in [-0.05, 0) is 55.3 Å². The van der Waals surface area contributed by atoms with E-state index >= 15 is 0 Å². The molecular weight excluding hydrogens is 305 g/mol. The summed E-state index contributed by atoms with van der Waals surface area (Å²) in [5.74, 6) is -0.310. The van der Waals surface area contributed by atoms with Gasteiger partial charge in [-0.15, -0.1) is 0 Å². The Hall–Kier alpha value is -0.390. The van der Waals surface area contributed by atoms with Crippen LogP contribution in [0.5, 0.6) is 0 Å². The highest BCUT2D eigenvalue weighted by Crippen LogP contribution is 2.22.